The van der Waals surface area contributed by atoms with Crippen molar-refractivity contribution in [2.45, 2.75) is 19.5 Å². The molecule has 2 aromatic heterocycles. The second-order valence-electron chi connectivity index (χ2n) is 9.29. The third kappa shape index (κ3) is 4.74. The van der Waals surface area contributed by atoms with Crippen LogP contribution in [0, 0.1) is 5.41 Å². The molecule has 38 heavy (non-hydrogen) atoms. The fourth-order valence-electron chi connectivity index (χ4n) is 4.98. The van der Waals surface area contributed by atoms with Gasteiger partial charge in [0, 0.05) is 55.9 Å². The molecule has 9 heteroatoms. The van der Waals surface area contributed by atoms with Crippen LogP contribution in [0.4, 0.5) is 0 Å². The van der Waals surface area contributed by atoms with E-state index in [0.29, 0.717) is 54.6 Å². The number of fused-ring (bicyclic) bond motifs is 1. The minimum atomic E-state index is -0.0387. The molecular formula is C29H31N5O4. The number of carbonyl (C=O) groups is 1. The standard InChI is InChI=1S/C29H31N5O4/c1-32-10-11-34(29(32)30)18-20-14-25(24-6-5-8-31-27(24)38-4)23-7-9-33(28(35)26(23)15-20)17-19-12-21(36-2)16-22(13-19)37-3/h5-6,8,10-16,30H,7,9,17-18H2,1-4H3. The van der Waals surface area contributed by atoms with E-state index in [0.717, 1.165) is 27.8 Å². The number of benzene rings is 2. The zero-order valence-electron chi connectivity index (χ0n) is 22.0. The van der Waals surface area contributed by atoms with E-state index in [2.05, 4.69) is 11.1 Å². The lowest BCUT2D eigenvalue weighted by atomic mass is 9.88. The number of imidazole rings is 1. The van der Waals surface area contributed by atoms with Gasteiger partial charge in [-0.05, 0) is 65.1 Å². The number of hydrogen-bond donors (Lipinski definition) is 1. The molecule has 1 amide bonds. The van der Waals surface area contributed by atoms with Crippen LogP contribution in [0.1, 0.15) is 27.0 Å². The summed E-state index contributed by atoms with van der Waals surface area (Å²) in [6.07, 6.45) is 6.11. The van der Waals surface area contributed by atoms with Crippen LogP contribution in [0.3, 0.4) is 0 Å². The quantitative estimate of drug-likeness (QED) is 0.388. The molecule has 0 radical (unpaired) electrons. The first-order valence-electron chi connectivity index (χ1n) is 12.3. The van der Waals surface area contributed by atoms with E-state index in [1.54, 1.807) is 32.1 Å². The molecule has 0 unspecified atom stereocenters. The van der Waals surface area contributed by atoms with Gasteiger partial charge in [-0.1, -0.05) is 0 Å². The van der Waals surface area contributed by atoms with Gasteiger partial charge in [0.05, 0.1) is 27.9 Å². The molecule has 5 rings (SSSR count). The normalized spacial score (nSPS) is 12.8. The second kappa shape index (κ2) is 10.5. The molecule has 196 valence electrons. The molecule has 0 aliphatic carbocycles. The highest BCUT2D eigenvalue weighted by Gasteiger charge is 2.28. The Morgan fingerprint density at radius 3 is 2.26 bits per heavy atom. The van der Waals surface area contributed by atoms with Crippen molar-refractivity contribution in [3.63, 3.8) is 0 Å². The van der Waals surface area contributed by atoms with Gasteiger partial charge < -0.3 is 28.2 Å². The van der Waals surface area contributed by atoms with E-state index >= 15 is 0 Å². The van der Waals surface area contributed by atoms with Crippen molar-refractivity contribution in [1.29, 1.82) is 5.41 Å². The molecular weight excluding hydrogens is 482 g/mol. The molecule has 1 N–H and O–H groups in total. The maximum atomic E-state index is 13.9. The highest BCUT2D eigenvalue weighted by molar-refractivity contribution is 5.99. The van der Waals surface area contributed by atoms with Crippen LogP contribution in [0.25, 0.3) is 11.1 Å². The van der Waals surface area contributed by atoms with E-state index in [4.69, 9.17) is 19.6 Å². The highest BCUT2D eigenvalue weighted by Crippen LogP contribution is 2.36. The molecule has 0 saturated heterocycles. The average molecular weight is 514 g/mol. The number of pyridine rings is 1. The lowest BCUT2D eigenvalue weighted by Gasteiger charge is -2.31. The van der Waals surface area contributed by atoms with Crippen molar-refractivity contribution in [3.8, 4) is 28.5 Å². The summed E-state index contributed by atoms with van der Waals surface area (Å²) >= 11 is 0. The number of carbonyl (C=O) groups excluding carboxylic acids is 1. The van der Waals surface area contributed by atoms with Crippen molar-refractivity contribution in [2.75, 3.05) is 27.9 Å². The largest absolute Gasteiger partial charge is 0.497 e. The predicted octanol–water partition coefficient (Wildman–Crippen LogP) is 3.64. The average Bonchev–Trinajstić information content (AvgIpc) is 3.26. The molecule has 0 fully saturated rings. The molecule has 4 aromatic rings. The molecule has 1 aliphatic heterocycles. The fraction of sp³-hybridized carbons (Fsp3) is 0.276. The summed E-state index contributed by atoms with van der Waals surface area (Å²) in [5.41, 5.74) is 5.65. The Morgan fingerprint density at radius 2 is 1.61 bits per heavy atom. The molecule has 0 saturated carbocycles. The van der Waals surface area contributed by atoms with Gasteiger partial charge in [0.2, 0.25) is 11.5 Å². The molecule has 1 aliphatic rings. The Morgan fingerprint density at radius 1 is 0.895 bits per heavy atom. The first kappa shape index (κ1) is 25.1. The van der Waals surface area contributed by atoms with E-state index in [1.165, 1.54) is 0 Å². The van der Waals surface area contributed by atoms with Crippen molar-refractivity contribution in [3.05, 3.63) is 88.9 Å². The summed E-state index contributed by atoms with van der Waals surface area (Å²) < 4.78 is 20.0. The van der Waals surface area contributed by atoms with Crippen LogP contribution in [0.15, 0.2) is 61.1 Å². The van der Waals surface area contributed by atoms with Crippen LogP contribution in [-0.4, -0.2) is 52.8 Å². The monoisotopic (exact) mass is 513 g/mol. The van der Waals surface area contributed by atoms with E-state index in [1.807, 2.05) is 65.3 Å². The van der Waals surface area contributed by atoms with Gasteiger partial charge in [0.15, 0.2) is 0 Å². The van der Waals surface area contributed by atoms with Gasteiger partial charge in [0.25, 0.3) is 5.91 Å². The minimum Gasteiger partial charge on any atom is -0.497 e. The summed E-state index contributed by atoms with van der Waals surface area (Å²) in [7, 11) is 6.67. The Balaban J connectivity index is 1.57. The van der Waals surface area contributed by atoms with Gasteiger partial charge in [-0.3, -0.25) is 10.2 Å². The summed E-state index contributed by atoms with van der Waals surface area (Å²) in [4.78, 5) is 20.2. The SMILES string of the molecule is COc1cc(CN2CCc3c(cc(Cn4ccn(C)c4=N)cc3-c3cccnc3OC)C2=O)cc(OC)c1. The van der Waals surface area contributed by atoms with Crippen LogP contribution >= 0.6 is 0 Å². The number of aryl methyl sites for hydroxylation is 1. The van der Waals surface area contributed by atoms with Crippen molar-refractivity contribution < 1.29 is 19.0 Å². The third-order valence-corrected chi connectivity index (χ3v) is 6.93. The van der Waals surface area contributed by atoms with Crippen molar-refractivity contribution >= 4 is 5.91 Å². The maximum Gasteiger partial charge on any atom is 0.254 e. The molecule has 0 bridgehead atoms. The summed E-state index contributed by atoms with van der Waals surface area (Å²) in [5.74, 6) is 1.84. The van der Waals surface area contributed by atoms with Gasteiger partial charge >= 0.3 is 0 Å². The maximum absolute atomic E-state index is 13.9. The first-order valence-corrected chi connectivity index (χ1v) is 12.3. The molecule has 0 atom stereocenters. The Hall–Kier alpha value is -4.53. The number of hydrogen-bond acceptors (Lipinski definition) is 6. The van der Waals surface area contributed by atoms with Crippen molar-refractivity contribution in [1.82, 2.24) is 19.0 Å². The predicted molar refractivity (Wildman–Crippen MR) is 143 cm³/mol. The first-order chi connectivity index (χ1) is 18.4. The molecule has 9 nitrogen and oxygen atoms in total. The fourth-order valence-corrected chi connectivity index (χ4v) is 4.98. The molecule has 2 aromatic carbocycles. The van der Waals surface area contributed by atoms with Crippen LogP contribution < -0.4 is 19.8 Å². The number of ether oxygens (including phenoxy) is 3. The second-order valence-corrected chi connectivity index (χ2v) is 9.29. The zero-order chi connectivity index (χ0) is 26.8. The number of aromatic nitrogens is 3. The van der Waals surface area contributed by atoms with E-state index in [9.17, 15) is 4.79 Å². The zero-order valence-corrected chi connectivity index (χ0v) is 22.0. The lowest BCUT2D eigenvalue weighted by Crippen LogP contribution is -2.37. The van der Waals surface area contributed by atoms with E-state index < -0.39 is 0 Å². The van der Waals surface area contributed by atoms with Gasteiger partial charge in [-0.2, -0.15) is 0 Å². The van der Waals surface area contributed by atoms with Crippen LogP contribution in [0.2, 0.25) is 0 Å². The van der Waals surface area contributed by atoms with Gasteiger partial charge in [-0.15, -0.1) is 0 Å². The molecule has 3 heterocycles. The molecule has 0 spiro atoms. The van der Waals surface area contributed by atoms with Crippen molar-refractivity contribution in [2.24, 2.45) is 7.05 Å². The number of nitrogens with one attached hydrogen (secondary N) is 1. The Bertz CT molecular complexity index is 1530. The minimum absolute atomic E-state index is 0.0387. The Labute approximate surface area is 221 Å². The Kier molecular flexibility index (Phi) is 6.91. The van der Waals surface area contributed by atoms with E-state index in [-0.39, 0.29) is 5.91 Å². The highest BCUT2D eigenvalue weighted by atomic mass is 16.5. The third-order valence-electron chi connectivity index (χ3n) is 6.93. The lowest BCUT2D eigenvalue weighted by molar-refractivity contribution is 0.0726. The van der Waals surface area contributed by atoms with Gasteiger partial charge in [0.1, 0.15) is 11.5 Å². The number of methoxy groups -OCH3 is 3. The summed E-state index contributed by atoms with van der Waals surface area (Å²) in [6, 6.07) is 13.6. The number of rotatable bonds is 8. The smallest absolute Gasteiger partial charge is 0.254 e. The summed E-state index contributed by atoms with van der Waals surface area (Å²) in [5, 5.41) is 8.36. The number of nitrogens with zero attached hydrogens (tertiary/aromatic N) is 4. The topological polar surface area (TPSA) is 94.6 Å². The van der Waals surface area contributed by atoms with Crippen LogP contribution in [0.5, 0.6) is 17.4 Å². The number of amides is 1. The van der Waals surface area contributed by atoms with Crippen LogP contribution in [-0.2, 0) is 26.6 Å². The summed E-state index contributed by atoms with van der Waals surface area (Å²) in [6.45, 7) is 1.47. The van der Waals surface area contributed by atoms with Gasteiger partial charge in [-0.25, -0.2) is 4.98 Å².